The highest BCUT2D eigenvalue weighted by Crippen LogP contribution is 2.20. The second-order valence-electron chi connectivity index (χ2n) is 5.62. The average Bonchev–Trinajstić information content (AvgIpc) is 2.64. The Balaban J connectivity index is 2.08. The zero-order valence-electron chi connectivity index (χ0n) is 14.3. The van der Waals surface area contributed by atoms with Crippen molar-refractivity contribution in [2.24, 2.45) is 0 Å². The highest BCUT2D eigenvalue weighted by atomic mass is 32.2. The summed E-state index contributed by atoms with van der Waals surface area (Å²) in [5.74, 6) is 0.480. The molecule has 26 heavy (non-hydrogen) atoms. The third-order valence-corrected chi connectivity index (χ3v) is 4.59. The number of carbonyl (C=O) groups is 1. The van der Waals surface area contributed by atoms with Crippen molar-refractivity contribution in [3.63, 3.8) is 0 Å². The van der Waals surface area contributed by atoms with E-state index in [1.54, 1.807) is 30.5 Å². The van der Waals surface area contributed by atoms with Gasteiger partial charge in [0.1, 0.15) is 5.82 Å². The maximum atomic E-state index is 13.0. The fraction of sp³-hybridized carbons (Fsp3) is 0.158. The largest absolute Gasteiger partial charge is 0.352 e. The molecule has 6 nitrogen and oxygen atoms in total. The van der Waals surface area contributed by atoms with Crippen LogP contribution < -0.4 is 10.9 Å². The van der Waals surface area contributed by atoms with Crippen LogP contribution in [-0.4, -0.2) is 32.7 Å². The molecule has 0 aliphatic heterocycles. The molecule has 0 bridgehead atoms. The van der Waals surface area contributed by atoms with Crippen molar-refractivity contribution in [2.75, 3.05) is 12.3 Å². The van der Waals surface area contributed by atoms with Gasteiger partial charge in [0.05, 0.1) is 16.7 Å². The number of pyridine rings is 1. The molecule has 0 saturated carbocycles. The lowest BCUT2D eigenvalue weighted by molar-refractivity contribution is -0.118. The number of benzene rings is 1. The quantitative estimate of drug-likeness (QED) is 0.412. The Morgan fingerprint density at radius 1 is 1.35 bits per heavy atom. The Kier molecular flexibility index (Phi) is 5.48. The third kappa shape index (κ3) is 3.83. The molecule has 0 aliphatic carbocycles. The summed E-state index contributed by atoms with van der Waals surface area (Å²) in [6.45, 7) is 5.90. The van der Waals surface area contributed by atoms with Crippen molar-refractivity contribution in [1.29, 1.82) is 0 Å². The van der Waals surface area contributed by atoms with Gasteiger partial charge in [-0.2, -0.15) is 0 Å². The lowest BCUT2D eigenvalue weighted by atomic mass is 10.2. The smallest absolute Gasteiger partial charge is 0.267 e. The SMILES string of the molecule is C=CCNC(=O)CSc1nc2ccccc2c(=O)n1-c1cc(C)ccn1. The average molecular weight is 366 g/mol. The number of aryl methyl sites for hydroxylation is 1. The fourth-order valence-electron chi connectivity index (χ4n) is 2.42. The van der Waals surface area contributed by atoms with E-state index in [0.29, 0.717) is 28.4 Å². The van der Waals surface area contributed by atoms with Crippen LogP contribution in [0.2, 0.25) is 0 Å². The van der Waals surface area contributed by atoms with Crippen molar-refractivity contribution in [1.82, 2.24) is 19.9 Å². The van der Waals surface area contributed by atoms with Crippen LogP contribution in [0.5, 0.6) is 0 Å². The first-order chi connectivity index (χ1) is 12.6. The van der Waals surface area contributed by atoms with Crippen LogP contribution in [0.3, 0.4) is 0 Å². The van der Waals surface area contributed by atoms with Crippen LogP contribution in [0, 0.1) is 6.92 Å². The lowest BCUT2D eigenvalue weighted by Crippen LogP contribution is -2.26. The van der Waals surface area contributed by atoms with Crippen molar-refractivity contribution in [3.05, 3.63) is 71.2 Å². The third-order valence-electron chi connectivity index (χ3n) is 3.65. The van der Waals surface area contributed by atoms with E-state index < -0.39 is 0 Å². The minimum atomic E-state index is -0.206. The monoisotopic (exact) mass is 366 g/mol. The summed E-state index contributed by atoms with van der Waals surface area (Å²) in [5, 5.41) is 3.66. The molecule has 0 unspecified atom stereocenters. The molecular weight excluding hydrogens is 348 g/mol. The summed E-state index contributed by atoms with van der Waals surface area (Å²) >= 11 is 1.20. The number of nitrogens with zero attached hydrogens (tertiary/aromatic N) is 3. The maximum Gasteiger partial charge on any atom is 0.267 e. The first kappa shape index (κ1) is 17.9. The van der Waals surface area contributed by atoms with E-state index in [1.807, 2.05) is 25.1 Å². The molecule has 1 N–H and O–H groups in total. The van der Waals surface area contributed by atoms with Crippen LogP contribution in [0.15, 0.2) is 65.2 Å². The number of amides is 1. The Morgan fingerprint density at radius 2 is 2.15 bits per heavy atom. The summed E-state index contributed by atoms with van der Waals surface area (Å²) in [7, 11) is 0. The molecule has 0 aliphatic rings. The van der Waals surface area contributed by atoms with Crippen molar-refractivity contribution < 1.29 is 4.79 Å². The number of para-hydroxylation sites is 1. The molecule has 3 rings (SSSR count). The van der Waals surface area contributed by atoms with Gasteiger partial charge in [0.2, 0.25) is 5.91 Å². The number of hydrogen-bond acceptors (Lipinski definition) is 5. The van der Waals surface area contributed by atoms with Gasteiger partial charge in [0, 0.05) is 12.7 Å². The minimum absolute atomic E-state index is 0.143. The molecule has 0 atom stereocenters. The Morgan fingerprint density at radius 3 is 2.92 bits per heavy atom. The van der Waals surface area contributed by atoms with Gasteiger partial charge in [-0.3, -0.25) is 9.59 Å². The molecule has 132 valence electrons. The van der Waals surface area contributed by atoms with Crippen LogP contribution in [-0.2, 0) is 4.79 Å². The van der Waals surface area contributed by atoms with Gasteiger partial charge < -0.3 is 5.32 Å². The highest BCUT2D eigenvalue weighted by Gasteiger charge is 2.15. The van der Waals surface area contributed by atoms with Crippen LogP contribution in [0.1, 0.15) is 5.56 Å². The first-order valence-electron chi connectivity index (χ1n) is 8.05. The number of carbonyl (C=O) groups excluding carboxylic acids is 1. The molecule has 2 aromatic heterocycles. The summed E-state index contributed by atoms with van der Waals surface area (Å²) in [5.41, 5.74) is 1.37. The summed E-state index contributed by atoms with van der Waals surface area (Å²) in [6, 6.07) is 10.8. The molecule has 0 fully saturated rings. The Labute approximate surface area is 155 Å². The zero-order chi connectivity index (χ0) is 18.5. The second-order valence-corrected chi connectivity index (χ2v) is 6.57. The fourth-order valence-corrected chi connectivity index (χ4v) is 3.25. The van der Waals surface area contributed by atoms with E-state index in [9.17, 15) is 9.59 Å². The molecule has 0 spiro atoms. The van der Waals surface area contributed by atoms with Crippen LogP contribution in [0.4, 0.5) is 0 Å². The lowest BCUT2D eigenvalue weighted by Gasteiger charge is -2.12. The molecule has 1 aromatic carbocycles. The second kappa shape index (κ2) is 7.97. The van der Waals surface area contributed by atoms with Gasteiger partial charge in [-0.25, -0.2) is 14.5 Å². The van der Waals surface area contributed by atoms with E-state index >= 15 is 0 Å². The van der Waals surface area contributed by atoms with E-state index in [0.717, 1.165) is 5.56 Å². The highest BCUT2D eigenvalue weighted by molar-refractivity contribution is 7.99. The number of hydrogen-bond donors (Lipinski definition) is 1. The molecule has 2 heterocycles. The van der Waals surface area contributed by atoms with E-state index in [-0.39, 0.29) is 17.2 Å². The Bertz CT molecular complexity index is 1030. The van der Waals surface area contributed by atoms with Gasteiger partial charge in [-0.15, -0.1) is 6.58 Å². The van der Waals surface area contributed by atoms with E-state index in [1.165, 1.54) is 16.3 Å². The molecule has 7 heteroatoms. The molecule has 0 saturated heterocycles. The Hall–Kier alpha value is -2.93. The summed E-state index contributed by atoms with van der Waals surface area (Å²) in [6.07, 6.45) is 3.26. The van der Waals surface area contributed by atoms with E-state index in [2.05, 4.69) is 21.9 Å². The molecule has 0 radical (unpaired) electrons. The predicted octanol–water partition coefficient (Wildman–Crippen LogP) is 2.48. The summed E-state index contributed by atoms with van der Waals surface area (Å²) < 4.78 is 1.46. The van der Waals surface area contributed by atoms with Gasteiger partial charge in [-0.1, -0.05) is 30.0 Å². The number of rotatable bonds is 6. The topological polar surface area (TPSA) is 76.9 Å². The maximum absolute atomic E-state index is 13.0. The normalized spacial score (nSPS) is 10.7. The van der Waals surface area contributed by atoms with Gasteiger partial charge >= 0.3 is 0 Å². The zero-order valence-corrected chi connectivity index (χ0v) is 15.1. The molecule has 1 amide bonds. The van der Waals surface area contributed by atoms with E-state index in [4.69, 9.17) is 0 Å². The van der Waals surface area contributed by atoms with Crippen molar-refractivity contribution >= 4 is 28.6 Å². The number of aromatic nitrogens is 3. The summed E-state index contributed by atoms with van der Waals surface area (Å²) in [4.78, 5) is 33.8. The standard InChI is InChI=1S/C19H18N4O2S/c1-3-9-21-17(24)12-26-19-22-15-7-5-4-6-14(15)18(25)23(19)16-11-13(2)8-10-20-16/h3-8,10-11H,1,9,12H2,2H3,(H,21,24). The van der Waals surface area contributed by atoms with Crippen LogP contribution in [0.25, 0.3) is 16.7 Å². The van der Waals surface area contributed by atoms with Crippen molar-refractivity contribution in [2.45, 2.75) is 12.1 Å². The number of fused-ring (bicyclic) bond motifs is 1. The predicted molar refractivity (Wildman–Crippen MR) is 104 cm³/mol. The number of thioether (sulfide) groups is 1. The minimum Gasteiger partial charge on any atom is -0.352 e. The van der Waals surface area contributed by atoms with Gasteiger partial charge in [0.25, 0.3) is 5.56 Å². The molecule has 3 aromatic rings. The first-order valence-corrected chi connectivity index (χ1v) is 9.04. The van der Waals surface area contributed by atoms with Crippen LogP contribution >= 0.6 is 11.8 Å². The van der Waals surface area contributed by atoms with Crippen molar-refractivity contribution in [3.8, 4) is 5.82 Å². The van der Waals surface area contributed by atoms with Gasteiger partial charge in [0.15, 0.2) is 5.16 Å². The van der Waals surface area contributed by atoms with Gasteiger partial charge in [-0.05, 0) is 36.8 Å². The number of nitrogens with one attached hydrogen (secondary N) is 1. The molecular formula is C19H18N4O2S.